The van der Waals surface area contributed by atoms with Gasteiger partial charge in [0.2, 0.25) is 0 Å². The summed E-state index contributed by atoms with van der Waals surface area (Å²) in [5, 5.41) is 22.5. The number of fused-ring (bicyclic) bond motifs is 1. The van der Waals surface area contributed by atoms with Gasteiger partial charge in [-0.05, 0) is 55.0 Å². The Morgan fingerprint density at radius 2 is 1.79 bits per heavy atom. The van der Waals surface area contributed by atoms with Crippen LogP contribution in [-0.2, 0) is 11.2 Å². The molecule has 0 aromatic heterocycles. The molecule has 0 unspecified atom stereocenters. The zero-order chi connectivity index (χ0) is 20.4. The van der Waals surface area contributed by atoms with Crippen LogP contribution in [0.1, 0.15) is 30.5 Å². The highest BCUT2D eigenvalue weighted by molar-refractivity contribution is 6.30. The summed E-state index contributed by atoms with van der Waals surface area (Å²) in [4.78, 5) is 11.9. The van der Waals surface area contributed by atoms with E-state index in [1.54, 1.807) is 19.9 Å². The number of hydrogen-bond acceptors (Lipinski definition) is 3. The molecule has 0 aliphatic heterocycles. The van der Waals surface area contributed by atoms with Crippen LogP contribution >= 0.6 is 11.6 Å². The van der Waals surface area contributed by atoms with Gasteiger partial charge in [-0.3, -0.25) is 0 Å². The van der Waals surface area contributed by atoms with Gasteiger partial charge in [0, 0.05) is 16.0 Å². The van der Waals surface area contributed by atoms with Crippen molar-refractivity contribution in [2.75, 3.05) is 7.11 Å². The number of carbonyl (C=O) groups is 1. The molecule has 0 aliphatic rings. The third kappa shape index (κ3) is 3.69. The SMILES string of the molecule is COc1cc(C(C(=O)O)=C(C)C)c2cccc(Cc3ccc(Cl)cc3)c2c1O. The van der Waals surface area contributed by atoms with Crippen molar-refractivity contribution in [2.24, 2.45) is 0 Å². The highest BCUT2D eigenvalue weighted by Crippen LogP contribution is 2.42. The molecule has 0 saturated carbocycles. The van der Waals surface area contributed by atoms with Crippen molar-refractivity contribution in [1.29, 1.82) is 0 Å². The second kappa shape index (κ2) is 7.95. The van der Waals surface area contributed by atoms with Crippen LogP contribution in [0.4, 0.5) is 0 Å². The molecule has 0 spiro atoms. The number of hydrogen-bond donors (Lipinski definition) is 2. The zero-order valence-corrected chi connectivity index (χ0v) is 16.7. The van der Waals surface area contributed by atoms with Crippen molar-refractivity contribution in [3.63, 3.8) is 0 Å². The van der Waals surface area contributed by atoms with E-state index in [9.17, 15) is 15.0 Å². The molecule has 28 heavy (non-hydrogen) atoms. The molecule has 5 heteroatoms. The summed E-state index contributed by atoms with van der Waals surface area (Å²) in [6.07, 6.45) is 0.561. The number of phenols is 1. The Balaban J connectivity index is 2.31. The van der Waals surface area contributed by atoms with E-state index in [-0.39, 0.29) is 17.1 Å². The number of aromatic hydroxyl groups is 1. The topological polar surface area (TPSA) is 66.8 Å². The van der Waals surface area contributed by atoms with Crippen molar-refractivity contribution < 1.29 is 19.7 Å². The fourth-order valence-corrected chi connectivity index (χ4v) is 3.56. The lowest BCUT2D eigenvalue weighted by molar-refractivity contribution is -0.130. The Kier molecular flexibility index (Phi) is 5.61. The van der Waals surface area contributed by atoms with Crippen LogP contribution in [0.15, 0.2) is 54.1 Å². The van der Waals surface area contributed by atoms with Gasteiger partial charge in [0.1, 0.15) is 0 Å². The molecule has 0 aliphatic carbocycles. The lowest BCUT2D eigenvalue weighted by Crippen LogP contribution is -2.04. The van der Waals surface area contributed by atoms with Crippen LogP contribution in [0.25, 0.3) is 16.3 Å². The Morgan fingerprint density at radius 3 is 2.36 bits per heavy atom. The van der Waals surface area contributed by atoms with Crippen molar-refractivity contribution in [1.82, 2.24) is 0 Å². The number of ether oxygens (including phenoxy) is 1. The third-order valence-electron chi connectivity index (χ3n) is 4.70. The molecule has 3 aromatic rings. The minimum absolute atomic E-state index is 0.00399. The first kappa shape index (κ1) is 19.8. The zero-order valence-electron chi connectivity index (χ0n) is 15.9. The first-order chi connectivity index (χ1) is 13.3. The lowest BCUT2D eigenvalue weighted by Gasteiger charge is -2.17. The van der Waals surface area contributed by atoms with Crippen LogP contribution in [0.2, 0.25) is 5.02 Å². The Morgan fingerprint density at radius 1 is 1.11 bits per heavy atom. The van der Waals surface area contributed by atoms with Gasteiger partial charge in [-0.15, -0.1) is 0 Å². The Bertz CT molecular complexity index is 1080. The molecular formula is C23H21ClO4. The van der Waals surface area contributed by atoms with E-state index in [1.807, 2.05) is 42.5 Å². The van der Waals surface area contributed by atoms with Crippen molar-refractivity contribution in [3.05, 3.63) is 75.8 Å². The first-order valence-corrected chi connectivity index (χ1v) is 9.18. The monoisotopic (exact) mass is 396 g/mol. The predicted octanol–water partition coefficient (Wildman–Crippen LogP) is 5.68. The fraction of sp³-hybridized carbons (Fsp3) is 0.174. The molecule has 0 heterocycles. The van der Waals surface area contributed by atoms with Gasteiger partial charge in [-0.25, -0.2) is 4.79 Å². The summed E-state index contributed by atoms with van der Waals surface area (Å²) in [6.45, 7) is 3.51. The van der Waals surface area contributed by atoms with Crippen LogP contribution in [-0.4, -0.2) is 23.3 Å². The molecule has 0 fully saturated rings. The Labute approximate surface area is 168 Å². The molecule has 2 N–H and O–H groups in total. The average Bonchev–Trinajstić information content (AvgIpc) is 2.65. The summed E-state index contributed by atoms with van der Waals surface area (Å²) in [7, 11) is 1.45. The van der Waals surface area contributed by atoms with Gasteiger partial charge in [-0.1, -0.05) is 47.5 Å². The molecular weight excluding hydrogens is 376 g/mol. The van der Waals surface area contributed by atoms with Crippen LogP contribution in [0.5, 0.6) is 11.5 Å². The average molecular weight is 397 g/mol. The van der Waals surface area contributed by atoms with Gasteiger partial charge in [0.05, 0.1) is 12.7 Å². The molecule has 3 aromatic carbocycles. The van der Waals surface area contributed by atoms with E-state index in [0.29, 0.717) is 33.4 Å². The van der Waals surface area contributed by atoms with Crippen LogP contribution in [0.3, 0.4) is 0 Å². The van der Waals surface area contributed by atoms with Gasteiger partial charge in [0.15, 0.2) is 11.5 Å². The van der Waals surface area contributed by atoms with Crippen molar-refractivity contribution in [2.45, 2.75) is 20.3 Å². The summed E-state index contributed by atoms with van der Waals surface area (Å²) < 4.78 is 5.34. The molecule has 4 nitrogen and oxygen atoms in total. The maximum absolute atomic E-state index is 11.9. The fourth-order valence-electron chi connectivity index (χ4n) is 3.43. The predicted molar refractivity (Wildman–Crippen MR) is 112 cm³/mol. The molecule has 0 atom stereocenters. The van der Waals surface area contributed by atoms with E-state index in [0.717, 1.165) is 11.1 Å². The van der Waals surface area contributed by atoms with E-state index in [4.69, 9.17) is 16.3 Å². The summed E-state index contributed by atoms with van der Waals surface area (Å²) in [5.41, 5.74) is 3.30. The van der Waals surface area contributed by atoms with Crippen molar-refractivity contribution in [3.8, 4) is 11.5 Å². The number of benzene rings is 3. The summed E-state index contributed by atoms with van der Waals surface area (Å²) in [6, 6.07) is 14.7. The number of halogens is 1. The summed E-state index contributed by atoms with van der Waals surface area (Å²) in [5.74, 6) is -0.771. The lowest BCUT2D eigenvalue weighted by atomic mass is 9.90. The molecule has 3 rings (SSSR count). The highest BCUT2D eigenvalue weighted by Gasteiger charge is 2.21. The van der Waals surface area contributed by atoms with Crippen LogP contribution in [0, 0.1) is 0 Å². The minimum Gasteiger partial charge on any atom is -0.504 e. The van der Waals surface area contributed by atoms with E-state index >= 15 is 0 Å². The second-order valence-electron chi connectivity index (χ2n) is 6.80. The molecule has 144 valence electrons. The third-order valence-corrected chi connectivity index (χ3v) is 4.95. The molecule has 0 bridgehead atoms. The van der Waals surface area contributed by atoms with Crippen molar-refractivity contribution >= 4 is 33.9 Å². The number of allylic oxidation sites excluding steroid dienone is 1. The maximum Gasteiger partial charge on any atom is 0.336 e. The molecule has 0 saturated heterocycles. The highest BCUT2D eigenvalue weighted by atomic mass is 35.5. The molecule has 0 radical (unpaired) electrons. The Hall–Kier alpha value is -2.98. The second-order valence-corrected chi connectivity index (χ2v) is 7.23. The molecule has 0 amide bonds. The normalized spacial score (nSPS) is 10.7. The number of aliphatic carboxylic acids is 1. The van der Waals surface area contributed by atoms with Gasteiger partial charge in [0.25, 0.3) is 0 Å². The van der Waals surface area contributed by atoms with Gasteiger partial charge >= 0.3 is 5.97 Å². The van der Waals surface area contributed by atoms with Crippen LogP contribution < -0.4 is 4.74 Å². The van der Waals surface area contributed by atoms with E-state index in [1.165, 1.54) is 7.11 Å². The number of methoxy groups -OCH3 is 1. The maximum atomic E-state index is 11.9. The summed E-state index contributed by atoms with van der Waals surface area (Å²) >= 11 is 5.97. The number of carboxylic acids is 1. The van der Waals surface area contributed by atoms with E-state index < -0.39 is 5.97 Å². The number of carboxylic acid groups (broad SMARTS) is 1. The smallest absolute Gasteiger partial charge is 0.336 e. The van der Waals surface area contributed by atoms with Gasteiger partial charge < -0.3 is 14.9 Å². The first-order valence-electron chi connectivity index (χ1n) is 8.80. The van der Waals surface area contributed by atoms with Gasteiger partial charge in [-0.2, -0.15) is 0 Å². The quantitative estimate of drug-likeness (QED) is 0.545. The number of phenolic OH excluding ortho intramolecular Hbond substituents is 1. The van der Waals surface area contributed by atoms with E-state index in [2.05, 4.69) is 0 Å². The number of rotatable bonds is 5. The largest absolute Gasteiger partial charge is 0.504 e. The standard InChI is InChI=1S/C23H21ClO4/c1-13(2)20(23(26)27)18-12-19(28-3)22(25)21-15(5-4-6-17(18)21)11-14-7-9-16(24)10-8-14/h4-10,12,25H,11H2,1-3H3,(H,26,27). The minimum atomic E-state index is -1.02.